The van der Waals surface area contributed by atoms with Gasteiger partial charge in [0.25, 0.3) is 0 Å². The highest BCUT2D eigenvalue weighted by Gasteiger charge is 2.12. The van der Waals surface area contributed by atoms with Gasteiger partial charge in [-0.15, -0.1) is 11.3 Å². The zero-order valence-corrected chi connectivity index (χ0v) is 9.00. The van der Waals surface area contributed by atoms with Crippen LogP contribution in [-0.4, -0.2) is 7.05 Å². The molecule has 0 aromatic carbocycles. The Bertz CT molecular complexity index is 234. The lowest BCUT2D eigenvalue weighted by molar-refractivity contribution is 0.550. The van der Waals surface area contributed by atoms with Gasteiger partial charge in [0.1, 0.15) is 0 Å². The van der Waals surface area contributed by atoms with Crippen molar-refractivity contribution >= 4 is 22.9 Å². The first-order valence-electron chi connectivity index (χ1n) is 4.19. The summed E-state index contributed by atoms with van der Waals surface area (Å²) in [4.78, 5) is 1.26. The number of halogens is 1. The molecule has 1 rings (SSSR count). The number of thiophene rings is 1. The fraction of sp³-hybridized carbons (Fsp3) is 0.556. The summed E-state index contributed by atoms with van der Waals surface area (Å²) in [6, 6.07) is 2.39. The molecule has 1 aromatic rings. The minimum absolute atomic E-state index is 0.433. The Hall–Kier alpha value is -0.0500. The molecule has 68 valence electrons. The van der Waals surface area contributed by atoms with E-state index in [9.17, 15) is 0 Å². The molecule has 0 fully saturated rings. The Morgan fingerprint density at radius 3 is 2.83 bits per heavy atom. The average molecular weight is 204 g/mol. The summed E-state index contributed by atoms with van der Waals surface area (Å²) >= 11 is 7.75. The topological polar surface area (TPSA) is 12.0 Å². The molecule has 0 spiro atoms. The Labute approximate surface area is 82.7 Å². The molecule has 0 saturated carbocycles. The zero-order valence-electron chi connectivity index (χ0n) is 7.43. The highest BCUT2D eigenvalue weighted by molar-refractivity contribution is 7.10. The van der Waals surface area contributed by atoms with E-state index < -0.39 is 0 Å². The maximum Gasteiger partial charge on any atom is 0.0561 e. The summed E-state index contributed by atoms with van der Waals surface area (Å²) in [5, 5.41) is 6.21. The van der Waals surface area contributed by atoms with E-state index in [4.69, 9.17) is 11.6 Å². The quantitative estimate of drug-likeness (QED) is 0.791. The molecule has 0 aliphatic heterocycles. The lowest BCUT2D eigenvalue weighted by Gasteiger charge is -2.13. The van der Waals surface area contributed by atoms with Gasteiger partial charge in [-0.05, 0) is 24.9 Å². The van der Waals surface area contributed by atoms with E-state index in [-0.39, 0.29) is 0 Å². The molecule has 1 N–H and O–H groups in total. The van der Waals surface area contributed by atoms with Gasteiger partial charge in [0.05, 0.1) is 5.02 Å². The number of rotatable bonds is 4. The van der Waals surface area contributed by atoms with Crippen LogP contribution in [0, 0.1) is 0 Å². The van der Waals surface area contributed by atoms with Crippen molar-refractivity contribution in [1.82, 2.24) is 5.32 Å². The third-order valence-electron chi connectivity index (χ3n) is 1.89. The fourth-order valence-corrected chi connectivity index (χ4v) is 2.58. The lowest BCUT2D eigenvalue weighted by atomic mass is 10.1. The third-order valence-corrected chi connectivity index (χ3v) is 3.36. The summed E-state index contributed by atoms with van der Waals surface area (Å²) in [5.41, 5.74) is 0. The average Bonchev–Trinajstić information content (AvgIpc) is 2.47. The Morgan fingerprint density at radius 1 is 1.67 bits per heavy atom. The van der Waals surface area contributed by atoms with Crippen molar-refractivity contribution in [1.29, 1.82) is 0 Å². The van der Waals surface area contributed by atoms with Crippen molar-refractivity contribution in [3.63, 3.8) is 0 Å². The summed E-state index contributed by atoms with van der Waals surface area (Å²) in [5.74, 6) is 0. The fourth-order valence-electron chi connectivity index (χ4n) is 1.25. The van der Waals surface area contributed by atoms with Crippen molar-refractivity contribution in [3.05, 3.63) is 21.3 Å². The summed E-state index contributed by atoms with van der Waals surface area (Å²) < 4.78 is 0. The molecule has 1 unspecified atom stereocenters. The Balaban J connectivity index is 2.72. The predicted molar refractivity (Wildman–Crippen MR) is 56.0 cm³/mol. The second kappa shape index (κ2) is 4.85. The second-order valence-corrected chi connectivity index (χ2v) is 4.12. The summed E-state index contributed by atoms with van der Waals surface area (Å²) in [6.45, 7) is 2.19. The van der Waals surface area contributed by atoms with Gasteiger partial charge in [0.15, 0.2) is 0 Å². The van der Waals surface area contributed by atoms with Crippen LogP contribution >= 0.6 is 22.9 Å². The van der Waals surface area contributed by atoms with Crippen LogP contribution in [0.4, 0.5) is 0 Å². The lowest BCUT2D eigenvalue weighted by Crippen LogP contribution is -2.14. The van der Waals surface area contributed by atoms with E-state index in [0.29, 0.717) is 6.04 Å². The van der Waals surface area contributed by atoms with Crippen molar-refractivity contribution in [3.8, 4) is 0 Å². The highest BCUT2D eigenvalue weighted by Crippen LogP contribution is 2.30. The van der Waals surface area contributed by atoms with Crippen LogP contribution in [0.2, 0.25) is 5.02 Å². The van der Waals surface area contributed by atoms with Crippen molar-refractivity contribution in [2.75, 3.05) is 7.05 Å². The first kappa shape index (κ1) is 10.0. The maximum absolute atomic E-state index is 6.02. The molecule has 0 amide bonds. The van der Waals surface area contributed by atoms with Crippen molar-refractivity contribution in [2.45, 2.75) is 25.8 Å². The van der Waals surface area contributed by atoms with Crippen LogP contribution in [0.1, 0.15) is 30.7 Å². The summed E-state index contributed by atoms with van der Waals surface area (Å²) in [6.07, 6.45) is 2.33. The SMILES string of the molecule is CCCC(NC)c1sccc1Cl. The van der Waals surface area contributed by atoms with Crippen LogP contribution in [-0.2, 0) is 0 Å². The van der Waals surface area contributed by atoms with Gasteiger partial charge in [-0.3, -0.25) is 0 Å². The van der Waals surface area contributed by atoms with Crippen LogP contribution in [0.3, 0.4) is 0 Å². The molecule has 0 aliphatic rings. The van der Waals surface area contributed by atoms with Crippen molar-refractivity contribution < 1.29 is 0 Å². The van der Waals surface area contributed by atoms with Crippen LogP contribution in [0.5, 0.6) is 0 Å². The van der Waals surface area contributed by atoms with E-state index in [1.807, 2.05) is 18.5 Å². The molecule has 0 bridgehead atoms. The molecular formula is C9H14ClNS. The van der Waals surface area contributed by atoms with Gasteiger partial charge in [-0.2, -0.15) is 0 Å². The van der Waals surface area contributed by atoms with E-state index >= 15 is 0 Å². The monoisotopic (exact) mass is 203 g/mol. The van der Waals surface area contributed by atoms with E-state index in [1.54, 1.807) is 11.3 Å². The number of hydrogen-bond donors (Lipinski definition) is 1. The highest BCUT2D eigenvalue weighted by atomic mass is 35.5. The molecule has 1 aromatic heterocycles. The standard InChI is InChI=1S/C9H14ClNS/c1-3-4-8(11-2)9-7(10)5-6-12-9/h5-6,8,11H,3-4H2,1-2H3. The first-order valence-corrected chi connectivity index (χ1v) is 5.45. The maximum atomic E-state index is 6.02. The summed E-state index contributed by atoms with van der Waals surface area (Å²) in [7, 11) is 1.98. The molecular weight excluding hydrogens is 190 g/mol. The molecule has 0 saturated heterocycles. The normalized spacial score (nSPS) is 13.2. The molecule has 3 heteroatoms. The van der Waals surface area contributed by atoms with E-state index in [0.717, 1.165) is 11.4 Å². The first-order chi connectivity index (χ1) is 5.79. The third kappa shape index (κ3) is 2.22. The largest absolute Gasteiger partial charge is 0.312 e. The van der Waals surface area contributed by atoms with Crippen LogP contribution in [0.15, 0.2) is 11.4 Å². The Morgan fingerprint density at radius 2 is 2.42 bits per heavy atom. The zero-order chi connectivity index (χ0) is 8.97. The van der Waals surface area contributed by atoms with E-state index in [1.165, 1.54) is 11.3 Å². The molecule has 1 heterocycles. The van der Waals surface area contributed by atoms with Crippen molar-refractivity contribution in [2.24, 2.45) is 0 Å². The van der Waals surface area contributed by atoms with Gasteiger partial charge in [-0.25, -0.2) is 0 Å². The molecule has 0 aliphatic carbocycles. The smallest absolute Gasteiger partial charge is 0.0561 e. The Kier molecular flexibility index (Phi) is 4.06. The van der Waals surface area contributed by atoms with Gasteiger partial charge < -0.3 is 5.32 Å². The van der Waals surface area contributed by atoms with E-state index in [2.05, 4.69) is 12.2 Å². The van der Waals surface area contributed by atoms with Gasteiger partial charge in [0.2, 0.25) is 0 Å². The molecule has 1 atom stereocenters. The number of nitrogens with one attached hydrogen (secondary N) is 1. The predicted octanol–water partition coefficient (Wildman–Crippen LogP) is 3.46. The minimum atomic E-state index is 0.433. The molecule has 0 radical (unpaired) electrons. The van der Waals surface area contributed by atoms with Gasteiger partial charge in [-0.1, -0.05) is 24.9 Å². The van der Waals surface area contributed by atoms with Crippen LogP contribution in [0.25, 0.3) is 0 Å². The molecule has 12 heavy (non-hydrogen) atoms. The van der Waals surface area contributed by atoms with Gasteiger partial charge >= 0.3 is 0 Å². The second-order valence-electron chi connectivity index (χ2n) is 2.76. The molecule has 1 nitrogen and oxygen atoms in total. The number of hydrogen-bond acceptors (Lipinski definition) is 2. The van der Waals surface area contributed by atoms with Crippen LogP contribution < -0.4 is 5.32 Å². The van der Waals surface area contributed by atoms with Gasteiger partial charge in [0, 0.05) is 10.9 Å². The minimum Gasteiger partial charge on any atom is -0.312 e.